The number of hydrogen-bond donors (Lipinski definition) is 1. The number of aliphatic imine (C=N–C) groups is 1. The monoisotopic (exact) mass is 374 g/mol. The normalized spacial score (nSPS) is 25.0. The van der Waals surface area contributed by atoms with Crippen LogP contribution in [0, 0.1) is 5.92 Å². The maximum absolute atomic E-state index is 6.00. The van der Waals surface area contributed by atoms with E-state index in [1.54, 1.807) is 0 Å². The topological polar surface area (TPSA) is 59.0 Å². The third-order valence-electron chi connectivity index (χ3n) is 5.46. The average Bonchev–Trinajstić information content (AvgIpc) is 3.23. The van der Waals surface area contributed by atoms with E-state index in [1.165, 1.54) is 5.56 Å². The largest absolute Gasteiger partial charge is 0.375 e. The summed E-state index contributed by atoms with van der Waals surface area (Å²) in [5.74, 6) is 1.85. The van der Waals surface area contributed by atoms with Crippen LogP contribution < -0.4 is 5.32 Å². The van der Waals surface area contributed by atoms with Crippen LogP contribution in [0.1, 0.15) is 45.1 Å². The molecule has 2 aliphatic heterocycles. The van der Waals surface area contributed by atoms with Crippen LogP contribution in [0.15, 0.2) is 29.5 Å². The first-order chi connectivity index (χ1) is 13.2. The molecule has 0 saturated carbocycles. The Bertz CT molecular complexity index is 587. The predicted octanol–water partition coefficient (Wildman–Crippen LogP) is 2.67. The lowest BCUT2D eigenvalue weighted by molar-refractivity contribution is -0.0817. The fourth-order valence-electron chi connectivity index (χ4n) is 3.90. The van der Waals surface area contributed by atoms with Gasteiger partial charge in [-0.3, -0.25) is 9.98 Å². The molecule has 3 unspecified atom stereocenters. The summed E-state index contributed by atoms with van der Waals surface area (Å²) in [6.07, 6.45) is 6.41. The summed E-state index contributed by atoms with van der Waals surface area (Å²) in [7, 11) is 0. The van der Waals surface area contributed by atoms with Crippen LogP contribution >= 0.6 is 0 Å². The summed E-state index contributed by atoms with van der Waals surface area (Å²) >= 11 is 0. The van der Waals surface area contributed by atoms with E-state index in [2.05, 4.69) is 42.0 Å². The zero-order chi connectivity index (χ0) is 19.1. The Hall–Kier alpha value is -1.66. The second-order valence-electron chi connectivity index (χ2n) is 7.74. The van der Waals surface area contributed by atoms with E-state index in [1.807, 2.05) is 18.5 Å². The van der Waals surface area contributed by atoms with E-state index in [0.717, 1.165) is 58.2 Å². The van der Waals surface area contributed by atoms with Crippen LogP contribution in [0.4, 0.5) is 0 Å². The highest BCUT2D eigenvalue weighted by atomic mass is 16.5. The van der Waals surface area contributed by atoms with Crippen molar-refractivity contribution in [2.75, 3.05) is 39.4 Å². The number of nitrogens with zero attached hydrogens (tertiary/aromatic N) is 3. The van der Waals surface area contributed by atoms with Gasteiger partial charge in [-0.2, -0.15) is 0 Å². The highest BCUT2D eigenvalue weighted by Gasteiger charge is 2.32. The molecule has 3 atom stereocenters. The molecule has 2 aliphatic rings. The van der Waals surface area contributed by atoms with Gasteiger partial charge in [0.15, 0.2) is 5.96 Å². The van der Waals surface area contributed by atoms with Crippen molar-refractivity contribution in [1.29, 1.82) is 0 Å². The van der Waals surface area contributed by atoms with Crippen LogP contribution in [-0.2, 0) is 9.47 Å². The second-order valence-corrected chi connectivity index (χ2v) is 7.74. The van der Waals surface area contributed by atoms with Crippen LogP contribution in [0.2, 0.25) is 0 Å². The molecule has 3 rings (SSSR count). The Kier molecular flexibility index (Phi) is 7.47. The molecule has 3 heterocycles. The SMILES string of the molecule is CCNC(=NCC(c1cccnc1)C(C)C)N1CCOC(C2CCCO2)C1. The number of pyridine rings is 1. The van der Waals surface area contributed by atoms with Gasteiger partial charge in [0.1, 0.15) is 6.10 Å². The lowest BCUT2D eigenvalue weighted by Gasteiger charge is -2.37. The Labute approximate surface area is 163 Å². The van der Waals surface area contributed by atoms with Gasteiger partial charge in [-0.1, -0.05) is 19.9 Å². The van der Waals surface area contributed by atoms with Crippen molar-refractivity contribution in [2.24, 2.45) is 10.9 Å². The molecule has 6 heteroatoms. The third-order valence-corrected chi connectivity index (χ3v) is 5.46. The minimum Gasteiger partial charge on any atom is -0.375 e. The molecule has 0 bridgehead atoms. The summed E-state index contributed by atoms with van der Waals surface area (Å²) in [4.78, 5) is 11.6. The number of rotatable bonds is 6. The van der Waals surface area contributed by atoms with Crippen LogP contribution in [0.25, 0.3) is 0 Å². The smallest absolute Gasteiger partial charge is 0.194 e. The molecule has 27 heavy (non-hydrogen) atoms. The number of nitrogens with one attached hydrogen (secondary N) is 1. The van der Waals surface area contributed by atoms with Crippen molar-refractivity contribution < 1.29 is 9.47 Å². The summed E-state index contributed by atoms with van der Waals surface area (Å²) in [5, 5.41) is 3.47. The fourth-order valence-corrected chi connectivity index (χ4v) is 3.90. The molecule has 2 fully saturated rings. The van der Waals surface area contributed by atoms with Crippen molar-refractivity contribution in [2.45, 2.75) is 51.7 Å². The van der Waals surface area contributed by atoms with Gasteiger partial charge >= 0.3 is 0 Å². The lowest BCUT2D eigenvalue weighted by Crippen LogP contribution is -2.53. The number of ether oxygens (including phenoxy) is 2. The Morgan fingerprint density at radius 3 is 2.85 bits per heavy atom. The number of morpholine rings is 1. The van der Waals surface area contributed by atoms with Crippen molar-refractivity contribution in [3.05, 3.63) is 30.1 Å². The third kappa shape index (κ3) is 5.42. The molecule has 0 radical (unpaired) electrons. The van der Waals surface area contributed by atoms with E-state index in [9.17, 15) is 0 Å². The molecule has 1 aromatic heterocycles. The fraction of sp³-hybridized carbons (Fsp3) is 0.714. The Balaban J connectivity index is 1.69. The van der Waals surface area contributed by atoms with Crippen molar-refractivity contribution in [1.82, 2.24) is 15.2 Å². The van der Waals surface area contributed by atoms with Gasteiger partial charge in [-0.25, -0.2) is 0 Å². The second kappa shape index (κ2) is 10.0. The molecule has 1 N–H and O–H groups in total. The molecule has 6 nitrogen and oxygen atoms in total. The Morgan fingerprint density at radius 1 is 1.33 bits per heavy atom. The van der Waals surface area contributed by atoms with E-state index < -0.39 is 0 Å². The maximum Gasteiger partial charge on any atom is 0.194 e. The standard InChI is InChI=1S/C21H34N4O2/c1-4-23-21(24-14-18(16(2)3)17-7-5-9-22-13-17)25-10-12-27-20(15-25)19-8-6-11-26-19/h5,7,9,13,16,18-20H,4,6,8,10-12,14-15H2,1-3H3,(H,23,24). The van der Waals surface area contributed by atoms with E-state index in [4.69, 9.17) is 14.5 Å². The first-order valence-corrected chi connectivity index (χ1v) is 10.4. The molecule has 2 saturated heterocycles. The summed E-state index contributed by atoms with van der Waals surface area (Å²) in [6, 6.07) is 4.16. The lowest BCUT2D eigenvalue weighted by atomic mass is 9.89. The highest BCUT2D eigenvalue weighted by Crippen LogP contribution is 2.25. The first-order valence-electron chi connectivity index (χ1n) is 10.4. The molecule has 150 valence electrons. The highest BCUT2D eigenvalue weighted by molar-refractivity contribution is 5.80. The molecule has 0 spiro atoms. The maximum atomic E-state index is 6.00. The minimum absolute atomic E-state index is 0.143. The summed E-state index contributed by atoms with van der Waals surface area (Å²) < 4.78 is 11.8. The predicted molar refractivity (Wildman–Crippen MR) is 108 cm³/mol. The molecule has 0 aromatic carbocycles. The number of aromatic nitrogens is 1. The van der Waals surface area contributed by atoms with Crippen molar-refractivity contribution in [3.63, 3.8) is 0 Å². The van der Waals surface area contributed by atoms with Gasteiger partial charge in [0.25, 0.3) is 0 Å². The quantitative estimate of drug-likeness (QED) is 0.613. The number of hydrogen-bond acceptors (Lipinski definition) is 4. The average molecular weight is 375 g/mol. The first kappa shape index (κ1) is 20.1. The molecule has 0 aliphatic carbocycles. The van der Waals surface area contributed by atoms with E-state index >= 15 is 0 Å². The van der Waals surface area contributed by atoms with Gasteiger partial charge in [-0.15, -0.1) is 0 Å². The molecular formula is C21H34N4O2. The van der Waals surface area contributed by atoms with Crippen molar-refractivity contribution in [3.8, 4) is 0 Å². The van der Waals surface area contributed by atoms with E-state index in [0.29, 0.717) is 11.8 Å². The van der Waals surface area contributed by atoms with Gasteiger partial charge < -0.3 is 19.7 Å². The van der Waals surface area contributed by atoms with Gasteiger partial charge in [0.05, 0.1) is 12.7 Å². The van der Waals surface area contributed by atoms with Crippen LogP contribution in [-0.4, -0.2) is 67.4 Å². The minimum atomic E-state index is 0.143. The summed E-state index contributed by atoms with van der Waals surface area (Å²) in [5.41, 5.74) is 1.26. The number of guanidine groups is 1. The van der Waals surface area contributed by atoms with Crippen LogP contribution in [0.3, 0.4) is 0 Å². The molecule has 0 amide bonds. The van der Waals surface area contributed by atoms with E-state index in [-0.39, 0.29) is 12.2 Å². The van der Waals surface area contributed by atoms with Crippen LogP contribution in [0.5, 0.6) is 0 Å². The van der Waals surface area contributed by atoms with Gasteiger partial charge in [0, 0.05) is 51.1 Å². The van der Waals surface area contributed by atoms with Gasteiger partial charge in [0.2, 0.25) is 0 Å². The molecular weight excluding hydrogens is 340 g/mol. The van der Waals surface area contributed by atoms with Crippen molar-refractivity contribution >= 4 is 5.96 Å². The summed E-state index contributed by atoms with van der Waals surface area (Å²) in [6.45, 7) is 11.5. The zero-order valence-corrected chi connectivity index (χ0v) is 16.9. The zero-order valence-electron chi connectivity index (χ0n) is 16.9. The Morgan fingerprint density at radius 2 is 2.19 bits per heavy atom. The molecule has 1 aromatic rings. The van der Waals surface area contributed by atoms with Gasteiger partial charge in [-0.05, 0) is 37.3 Å².